The van der Waals surface area contributed by atoms with E-state index in [1.165, 1.54) is 6.08 Å². The minimum absolute atomic E-state index is 0.00970. The van der Waals surface area contributed by atoms with E-state index in [2.05, 4.69) is 5.32 Å². The first-order valence-corrected chi connectivity index (χ1v) is 10.2. The SMILES string of the molecule is N#C/C(=C\c1ccc(OCc2ccccc2Cl)cc1)C(=O)NCc1ccc2c(c1)OCO2. The third kappa shape index (κ3) is 5.20. The van der Waals surface area contributed by atoms with E-state index >= 15 is 0 Å². The number of nitrogens with zero attached hydrogens (tertiary/aromatic N) is 1. The molecule has 0 saturated carbocycles. The molecule has 160 valence electrons. The number of hydrogen-bond donors (Lipinski definition) is 1. The fourth-order valence-corrected chi connectivity index (χ4v) is 3.27. The maximum absolute atomic E-state index is 12.4. The van der Waals surface area contributed by atoms with Crippen LogP contribution in [0.15, 0.2) is 72.3 Å². The maximum atomic E-state index is 12.4. The van der Waals surface area contributed by atoms with Crippen LogP contribution in [-0.4, -0.2) is 12.7 Å². The second-order valence-electron chi connectivity index (χ2n) is 6.99. The second-order valence-corrected chi connectivity index (χ2v) is 7.40. The number of halogens is 1. The molecule has 0 bridgehead atoms. The Labute approximate surface area is 190 Å². The van der Waals surface area contributed by atoms with E-state index in [0.29, 0.717) is 34.4 Å². The molecule has 1 aliphatic rings. The predicted molar refractivity (Wildman–Crippen MR) is 120 cm³/mol. The molecule has 0 spiro atoms. The highest BCUT2D eigenvalue weighted by atomic mass is 35.5. The Hall–Kier alpha value is -3.95. The van der Waals surface area contributed by atoms with Crippen molar-refractivity contribution in [2.24, 2.45) is 0 Å². The topological polar surface area (TPSA) is 80.6 Å². The van der Waals surface area contributed by atoms with Gasteiger partial charge in [-0.05, 0) is 47.5 Å². The van der Waals surface area contributed by atoms with Crippen molar-refractivity contribution in [2.75, 3.05) is 6.79 Å². The van der Waals surface area contributed by atoms with Crippen molar-refractivity contribution in [2.45, 2.75) is 13.2 Å². The molecule has 6 nitrogen and oxygen atoms in total. The Kier molecular flexibility index (Phi) is 6.59. The van der Waals surface area contributed by atoms with Gasteiger partial charge in [-0.2, -0.15) is 5.26 Å². The Balaban J connectivity index is 1.35. The van der Waals surface area contributed by atoms with Gasteiger partial charge in [0.05, 0.1) is 0 Å². The third-order valence-electron chi connectivity index (χ3n) is 4.80. The lowest BCUT2D eigenvalue weighted by molar-refractivity contribution is -0.117. The zero-order chi connectivity index (χ0) is 22.3. The number of rotatable bonds is 7. The lowest BCUT2D eigenvalue weighted by atomic mass is 10.1. The molecule has 7 heteroatoms. The van der Waals surface area contributed by atoms with Crippen LogP contribution in [0.3, 0.4) is 0 Å². The van der Waals surface area contributed by atoms with Crippen molar-refractivity contribution in [3.05, 3.63) is 94.0 Å². The van der Waals surface area contributed by atoms with Crippen molar-refractivity contribution >= 4 is 23.6 Å². The van der Waals surface area contributed by atoms with Gasteiger partial charge in [0.25, 0.3) is 5.91 Å². The average molecular weight is 447 g/mol. The van der Waals surface area contributed by atoms with E-state index < -0.39 is 5.91 Å². The van der Waals surface area contributed by atoms with E-state index in [9.17, 15) is 10.1 Å². The molecule has 1 amide bonds. The molecule has 0 aromatic heterocycles. The Morgan fingerprint density at radius 1 is 1.09 bits per heavy atom. The van der Waals surface area contributed by atoms with Gasteiger partial charge in [-0.25, -0.2) is 0 Å². The molecule has 4 rings (SSSR count). The van der Waals surface area contributed by atoms with Gasteiger partial charge in [0.15, 0.2) is 11.5 Å². The fourth-order valence-electron chi connectivity index (χ4n) is 3.08. The van der Waals surface area contributed by atoms with E-state index in [1.54, 1.807) is 36.4 Å². The Morgan fingerprint density at radius 3 is 2.66 bits per heavy atom. The highest BCUT2D eigenvalue weighted by molar-refractivity contribution is 6.31. The first-order chi connectivity index (χ1) is 15.6. The molecule has 0 radical (unpaired) electrons. The van der Waals surface area contributed by atoms with Gasteiger partial charge in [0.1, 0.15) is 24.0 Å². The molecule has 0 atom stereocenters. The summed E-state index contributed by atoms with van der Waals surface area (Å²) >= 11 is 6.14. The van der Waals surface area contributed by atoms with Gasteiger partial charge in [0.2, 0.25) is 6.79 Å². The van der Waals surface area contributed by atoms with Gasteiger partial charge in [-0.15, -0.1) is 0 Å². The van der Waals surface area contributed by atoms with E-state index in [0.717, 1.165) is 11.1 Å². The summed E-state index contributed by atoms with van der Waals surface area (Å²) in [5.41, 5.74) is 2.46. The van der Waals surface area contributed by atoms with E-state index in [4.69, 9.17) is 25.8 Å². The Morgan fingerprint density at radius 2 is 1.88 bits per heavy atom. The fraction of sp³-hybridized carbons (Fsp3) is 0.120. The number of carbonyl (C=O) groups is 1. The van der Waals surface area contributed by atoms with Crippen LogP contribution in [0.1, 0.15) is 16.7 Å². The lowest BCUT2D eigenvalue weighted by Gasteiger charge is -2.08. The molecular formula is C25H19ClN2O4. The molecule has 0 unspecified atom stereocenters. The summed E-state index contributed by atoms with van der Waals surface area (Å²) < 4.78 is 16.4. The number of hydrogen-bond acceptors (Lipinski definition) is 5. The molecule has 3 aromatic rings. The summed E-state index contributed by atoms with van der Waals surface area (Å²) in [5.74, 6) is 1.53. The monoisotopic (exact) mass is 446 g/mol. The summed E-state index contributed by atoms with van der Waals surface area (Å²) in [6, 6.07) is 22.0. The van der Waals surface area contributed by atoms with Crippen molar-refractivity contribution < 1.29 is 19.0 Å². The summed E-state index contributed by atoms with van der Waals surface area (Å²) in [5, 5.41) is 12.8. The quantitative estimate of drug-likeness (QED) is 0.413. The van der Waals surface area contributed by atoms with Gasteiger partial charge in [0, 0.05) is 17.1 Å². The number of carbonyl (C=O) groups excluding carboxylic acids is 1. The van der Waals surface area contributed by atoms with Crippen molar-refractivity contribution in [3.63, 3.8) is 0 Å². The maximum Gasteiger partial charge on any atom is 0.262 e. The molecule has 0 fully saturated rings. The van der Waals surface area contributed by atoms with E-state index in [1.807, 2.05) is 36.4 Å². The third-order valence-corrected chi connectivity index (χ3v) is 5.17. The van der Waals surface area contributed by atoms with Crippen LogP contribution in [0.25, 0.3) is 6.08 Å². The van der Waals surface area contributed by atoms with Gasteiger partial charge >= 0.3 is 0 Å². The smallest absolute Gasteiger partial charge is 0.262 e. The highest BCUT2D eigenvalue weighted by Crippen LogP contribution is 2.32. The predicted octanol–water partition coefficient (Wildman–Crippen LogP) is 4.87. The number of fused-ring (bicyclic) bond motifs is 1. The average Bonchev–Trinajstić information content (AvgIpc) is 3.29. The number of amides is 1. The summed E-state index contributed by atoms with van der Waals surface area (Å²) in [4.78, 5) is 12.4. The number of nitrogens with one attached hydrogen (secondary N) is 1. The van der Waals surface area contributed by atoms with Gasteiger partial charge in [-0.3, -0.25) is 4.79 Å². The molecular weight excluding hydrogens is 428 g/mol. The molecule has 0 saturated heterocycles. The molecule has 0 aliphatic carbocycles. The largest absolute Gasteiger partial charge is 0.489 e. The van der Waals surface area contributed by atoms with Crippen molar-refractivity contribution in [1.29, 1.82) is 5.26 Å². The van der Waals surface area contributed by atoms with Crippen LogP contribution in [0, 0.1) is 11.3 Å². The molecule has 1 N–H and O–H groups in total. The van der Waals surface area contributed by atoms with Crippen molar-refractivity contribution in [3.8, 4) is 23.3 Å². The standard InChI is InChI=1S/C25H19ClN2O4/c26-22-4-2-1-3-19(22)15-30-21-8-5-17(6-9-21)11-20(13-27)25(29)28-14-18-7-10-23-24(12-18)32-16-31-23/h1-12H,14-16H2,(H,28,29)/b20-11+. The first-order valence-electron chi connectivity index (χ1n) is 9.87. The van der Waals surface area contributed by atoms with Crippen LogP contribution >= 0.6 is 11.6 Å². The van der Waals surface area contributed by atoms with Crippen LogP contribution in [-0.2, 0) is 17.9 Å². The zero-order valence-electron chi connectivity index (χ0n) is 17.0. The molecule has 1 heterocycles. The molecule has 1 aliphatic heterocycles. The molecule has 3 aromatic carbocycles. The number of ether oxygens (including phenoxy) is 3. The first kappa shape index (κ1) is 21.3. The second kappa shape index (κ2) is 9.90. The highest BCUT2D eigenvalue weighted by Gasteiger charge is 2.14. The van der Waals surface area contributed by atoms with Crippen LogP contribution in [0.4, 0.5) is 0 Å². The van der Waals surface area contributed by atoms with Crippen molar-refractivity contribution in [1.82, 2.24) is 5.32 Å². The van der Waals surface area contributed by atoms with Gasteiger partial charge in [-0.1, -0.05) is 48.0 Å². The van der Waals surface area contributed by atoms with Crippen LogP contribution in [0.5, 0.6) is 17.2 Å². The summed E-state index contributed by atoms with van der Waals surface area (Å²) in [7, 11) is 0. The van der Waals surface area contributed by atoms with Crippen LogP contribution in [0.2, 0.25) is 5.02 Å². The normalized spacial score (nSPS) is 12.2. The van der Waals surface area contributed by atoms with Crippen LogP contribution < -0.4 is 19.5 Å². The Bertz CT molecular complexity index is 1200. The number of benzene rings is 3. The summed E-state index contributed by atoms with van der Waals surface area (Å²) in [6.07, 6.45) is 1.53. The zero-order valence-corrected chi connectivity index (χ0v) is 17.8. The molecule has 32 heavy (non-hydrogen) atoms. The number of nitriles is 1. The summed E-state index contributed by atoms with van der Waals surface area (Å²) in [6.45, 7) is 0.806. The minimum atomic E-state index is -0.454. The van der Waals surface area contributed by atoms with Gasteiger partial charge < -0.3 is 19.5 Å². The van der Waals surface area contributed by atoms with E-state index in [-0.39, 0.29) is 18.9 Å². The minimum Gasteiger partial charge on any atom is -0.489 e. The lowest BCUT2D eigenvalue weighted by Crippen LogP contribution is -2.23.